The lowest BCUT2D eigenvalue weighted by Gasteiger charge is -2.46. The van der Waals surface area contributed by atoms with Crippen molar-refractivity contribution in [3.05, 3.63) is 71.8 Å². The highest BCUT2D eigenvalue weighted by Crippen LogP contribution is 2.50. The highest BCUT2D eigenvalue weighted by molar-refractivity contribution is 6.20. The normalized spacial score (nSPS) is 20.5. The molecular formula is C30H43Cl. The minimum atomic E-state index is 0.112. The number of rotatable bonds is 12. The molecule has 1 aliphatic rings. The molecular weight excluding hydrogens is 396 g/mol. The van der Waals surface area contributed by atoms with Crippen molar-refractivity contribution in [2.24, 2.45) is 11.8 Å². The quantitative estimate of drug-likeness (QED) is 0.228. The predicted octanol–water partition coefficient (Wildman–Crippen LogP) is 9.55. The molecule has 2 aromatic carbocycles. The summed E-state index contributed by atoms with van der Waals surface area (Å²) in [4.78, 5) is 0. The molecule has 0 aromatic heterocycles. The summed E-state index contributed by atoms with van der Waals surface area (Å²) in [5, 5.41) is 0.304. The molecule has 2 aromatic rings. The zero-order chi connectivity index (χ0) is 21.9. The van der Waals surface area contributed by atoms with E-state index >= 15 is 0 Å². The third-order valence-corrected chi connectivity index (χ3v) is 8.40. The van der Waals surface area contributed by atoms with Crippen LogP contribution >= 0.6 is 11.6 Å². The molecule has 0 bridgehead atoms. The monoisotopic (exact) mass is 438 g/mol. The van der Waals surface area contributed by atoms with E-state index in [1.165, 1.54) is 75.3 Å². The van der Waals surface area contributed by atoms with Gasteiger partial charge in [0, 0.05) is 10.8 Å². The van der Waals surface area contributed by atoms with Crippen molar-refractivity contribution in [2.45, 2.75) is 102 Å². The van der Waals surface area contributed by atoms with Crippen LogP contribution in [0, 0.1) is 11.8 Å². The van der Waals surface area contributed by atoms with E-state index in [4.69, 9.17) is 11.6 Å². The van der Waals surface area contributed by atoms with Gasteiger partial charge in [-0.2, -0.15) is 0 Å². The first-order valence-corrected chi connectivity index (χ1v) is 13.4. The van der Waals surface area contributed by atoms with Crippen LogP contribution < -0.4 is 0 Å². The van der Waals surface area contributed by atoms with Crippen LogP contribution in [0.3, 0.4) is 0 Å². The van der Waals surface area contributed by atoms with Crippen LogP contribution in [0.15, 0.2) is 60.7 Å². The molecule has 170 valence electrons. The van der Waals surface area contributed by atoms with Gasteiger partial charge in [-0.1, -0.05) is 119 Å². The Morgan fingerprint density at radius 3 is 1.90 bits per heavy atom. The first-order valence-electron chi connectivity index (χ1n) is 13.0. The molecule has 0 spiro atoms. The summed E-state index contributed by atoms with van der Waals surface area (Å²) < 4.78 is 0. The van der Waals surface area contributed by atoms with Crippen LogP contribution in [0.25, 0.3) is 0 Å². The van der Waals surface area contributed by atoms with Crippen molar-refractivity contribution in [2.75, 3.05) is 0 Å². The number of halogens is 1. The van der Waals surface area contributed by atoms with Gasteiger partial charge in [0.1, 0.15) is 0 Å². The average molecular weight is 439 g/mol. The van der Waals surface area contributed by atoms with Crippen molar-refractivity contribution >= 4 is 11.6 Å². The second-order valence-electron chi connectivity index (χ2n) is 9.81. The zero-order valence-electron chi connectivity index (χ0n) is 19.9. The molecule has 1 atom stereocenters. The van der Waals surface area contributed by atoms with Gasteiger partial charge in [-0.25, -0.2) is 0 Å². The van der Waals surface area contributed by atoms with E-state index in [9.17, 15) is 0 Å². The first kappa shape index (κ1) is 24.4. The van der Waals surface area contributed by atoms with Crippen LogP contribution in [0.1, 0.15) is 102 Å². The third kappa shape index (κ3) is 6.38. The second kappa shape index (κ2) is 12.7. The molecule has 0 amide bonds. The van der Waals surface area contributed by atoms with Crippen LogP contribution in [0.5, 0.6) is 0 Å². The van der Waals surface area contributed by atoms with E-state index in [1.54, 1.807) is 0 Å². The van der Waals surface area contributed by atoms with Crippen LogP contribution in [0.4, 0.5) is 0 Å². The van der Waals surface area contributed by atoms with Crippen molar-refractivity contribution in [3.63, 3.8) is 0 Å². The van der Waals surface area contributed by atoms with E-state index < -0.39 is 0 Å². The summed E-state index contributed by atoms with van der Waals surface area (Å²) >= 11 is 6.55. The largest absolute Gasteiger partial charge is 0.123 e. The zero-order valence-corrected chi connectivity index (χ0v) is 20.6. The topological polar surface area (TPSA) is 0 Å². The highest BCUT2D eigenvalue weighted by Gasteiger charge is 2.42. The van der Waals surface area contributed by atoms with Gasteiger partial charge in [-0.3, -0.25) is 0 Å². The summed E-state index contributed by atoms with van der Waals surface area (Å²) in [6.45, 7) is 4.52. The smallest absolute Gasteiger partial charge is 0.0333 e. The van der Waals surface area contributed by atoms with Gasteiger partial charge in [0.2, 0.25) is 0 Å². The minimum absolute atomic E-state index is 0.112. The predicted molar refractivity (Wildman–Crippen MR) is 137 cm³/mol. The van der Waals surface area contributed by atoms with Crippen molar-refractivity contribution in [1.29, 1.82) is 0 Å². The Balaban J connectivity index is 1.88. The second-order valence-corrected chi connectivity index (χ2v) is 10.4. The average Bonchev–Trinajstić information content (AvgIpc) is 2.83. The van der Waals surface area contributed by atoms with Gasteiger partial charge in [0.15, 0.2) is 0 Å². The van der Waals surface area contributed by atoms with Crippen LogP contribution in [-0.4, -0.2) is 5.38 Å². The molecule has 1 saturated carbocycles. The molecule has 1 aliphatic carbocycles. The lowest BCUT2D eigenvalue weighted by molar-refractivity contribution is 0.178. The Hall–Kier alpha value is -1.27. The number of hydrogen-bond donors (Lipinski definition) is 0. The van der Waals surface area contributed by atoms with Gasteiger partial charge >= 0.3 is 0 Å². The highest BCUT2D eigenvalue weighted by atomic mass is 35.5. The van der Waals surface area contributed by atoms with E-state index in [1.807, 2.05) is 0 Å². The van der Waals surface area contributed by atoms with Crippen molar-refractivity contribution < 1.29 is 0 Å². The summed E-state index contributed by atoms with van der Waals surface area (Å²) in [6.07, 6.45) is 15.7. The molecule has 3 rings (SSSR count). The van der Waals surface area contributed by atoms with E-state index in [2.05, 4.69) is 74.5 Å². The van der Waals surface area contributed by atoms with Crippen LogP contribution in [-0.2, 0) is 5.41 Å². The maximum Gasteiger partial charge on any atom is 0.0333 e. The molecule has 31 heavy (non-hydrogen) atoms. The Kier molecular flexibility index (Phi) is 9.97. The molecule has 1 unspecified atom stereocenters. The SMILES string of the molecule is CCCCCC1CCC(C(CCCC(Cl)CC)(c2ccccc2)c2ccccc2)CC1. The van der Waals surface area contributed by atoms with Gasteiger partial charge in [0.05, 0.1) is 0 Å². The molecule has 0 nitrogen and oxygen atoms in total. The van der Waals surface area contributed by atoms with Crippen molar-refractivity contribution in [1.82, 2.24) is 0 Å². The van der Waals surface area contributed by atoms with Crippen LogP contribution in [0.2, 0.25) is 0 Å². The first-order chi connectivity index (χ1) is 15.2. The lowest BCUT2D eigenvalue weighted by Crippen LogP contribution is -2.39. The van der Waals surface area contributed by atoms with Crippen molar-refractivity contribution in [3.8, 4) is 0 Å². The fourth-order valence-corrected chi connectivity index (χ4v) is 6.19. The Morgan fingerprint density at radius 2 is 1.39 bits per heavy atom. The number of unbranched alkanes of at least 4 members (excludes halogenated alkanes) is 2. The fourth-order valence-electron chi connectivity index (χ4n) is 6.04. The summed E-state index contributed by atoms with van der Waals surface area (Å²) in [5.41, 5.74) is 3.14. The molecule has 0 saturated heterocycles. The molecule has 0 N–H and O–H groups in total. The van der Waals surface area contributed by atoms with E-state index in [-0.39, 0.29) is 5.41 Å². The van der Waals surface area contributed by atoms with Gasteiger partial charge in [-0.05, 0) is 55.1 Å². The maximum atomic E-state index is 6.55. The number of hydrogen-bond acceptors (Lipinski definition) is 0. The summed E-state index contributed by atoms with van der Waals surface area (Å²) in [5.74, 6) is 1.66. The lowest BCUT2D eigenvalue weighted by atomic mass is 9.58. The molecule has 0 aliphatic heterocycles. The molecule has 1 heteroatoms. The number of alkyl halides is 1. The standard InChI is InChI=1S/C30H43Cl/c1-3-5-8-14-25-20-22-28(23-21-25)30(24-13-19-29(31)4-2,26-15-9-6-10-16-26)27-17-11-7-12-18-27/h6-7,9-12,15-18,25,28-29H,3-5,8,13-14,19-24H2,1-2H3. The summed E-state index contributed by atoms with van der Waals surface area (Å²) in [6, 6.07) is 22.8. The molecule has 1 fully saturated rings. The Morgan fingerprint density at radius 1 is 0.806 bits per heavy atom. The molecule has 0 heterocycles. The van der Waals surface area contributed by atoms with Gasteiger partial charge in [-0.15, -0.1) is 11.6 Å². The van der Waals surface area contributed by atoms with Gasteiger partial charge < -0.3 is 0 Å². The number of benzene rings is 2. The van der Waals surface area contributed by atoms with E-state index in [0.717, 1.165) is 24.7 Å². The minimum Gasteiger partial charge on any atom is -0.123 e. The Labute approximate surface area is 196 Å². The Bertz CT molecular complexity index is 675. The van der Waals surface area contributed by atoms with Gasteiger partial charge in [0.25, 0.3) is 0 Å². The summed E-state index contributed by atoms with van der Waals surface area (Å²) in [7, 11) is 0. The molecule has 0 radical (unpaired) electrons. The third-order valence-electron chi connectivity index (χ3n) is 7.87. The fraction of sp³-hybridized carbons (Fsp3) is 0.600. The van der Waals surface area contributed by atoms with E-state index in [0.29, 0.717) is 5.38 Å². The maximum absolute atomic E-state index is 6.55.